The predicted molar refractivity (Wildman–Crippen MR) is 121 cm³/mol. The summed E-state index contributed by atoms with van der Waals surface area (Å²) in [5, 5.41) is 11.2. The third kappa shape index (κ3) is 2.73. The molecule has 4 saturated carbocycles. The molecule has 4 rings (SSSR count). The van der Waals surface area contributed by atoms with Gasteiger partial charge >= 0.3 is 0 Å². The zero-order valence-electron chi connectivity index (χ0n) is 19.7. The Hall–Kier alpha value is -0.600. The molecule has 4 fully saturated rings. The summed E-state index contributed by atoms with van der Waals surface area (Å²) in [5.41, 5.74) is 1.86. The number of hydrogen-bond donors (Lipinski definition) is 1. The van der Waals surface area contributed by atoms with Crippen molar-refractivity contribution >= 4 is 0 Å². The van der Waals surface area contributed by atoms with Crippen LogP contribution in [0.5, 0.6) is 0 Å². The Morgan fingerprint density at radius 1 is 1.03 bits per heavy atom. The molecular formula is C27H44O2. The van der Waals surface area contributed by atoms with Crippen molar-refractivity contribution in [2.45, 2.75) is 91.1 Å². The second kappa shape index (κ2) is 6.70. The van der Waals surface area contributed by atoms with E-state index in [4.69, 9.17) is 4.74 Å². The van der Waals surface area contributed by atoms with Crippen molar-refractivity contribution in [3.8, 4) is 0 Å². The number of ether oxygens (including phenoxy) is 1. The molecule has 2 nitrogen and oxygen atoms in total. The van der Waals surface area contributed by atoms with Crippen LogP contribution in [0.4, 0.5) is 0 Å². The highest BCUT2D eigenvalue weighted by Crippen LogP contribution is 2.76. The molecule has 0 radical (unpaired) electrons. The zero-order valence-corrected chi connectivity index (χ0v) is 19.7. The van der Waals surface area contributed by atoms with Gasteiger partial charge in [-0.3, -0.25) is 0 Å². The highest BCUT2D eigenvalue weighted by atomic mass is 16.5. The van der Waals surface area contributed by atoms with Crippen LogP contribution in [0.1, 0.15) is 85.5 Å². The molecule has 0 unspecified atom stereocenters. The lowest BCUT2D eigenvalue weighted by molar-refractivity contribution is -0.207. The first kappa shape index (κ1) is 21.6. The number of rotatable bonds is 4. The van der Waals surface area contributed by atoms with Crippen LogP contribution in [0, 0.1) is 39.4 Å². The van der Waals surface area contributed by atoms with E-state index in [1.807, 2.05) is 0 Å². The van der Waals surface area contributed by atoms with Gasteiger partial charge < -0.3 is 9.84 Å². The minimum Gasteiger partial charge on any atom is -0.387 e. The van der Waals surface area contributed by atoms with Gasteiger partial charge in [-0.1, -0.05) is 39.0 Å². The van der Waals surface area contributed by atoms with Gasteiger partial charge in [0.1, 0.15) is 0 Å². The van der Waals surface area contributed by atoms with E-state index >= 15 is 0 Å². The number of aliphatic hydroxyl groups is 1. The highest BCUT2D eigenvalue weighted by Gasteiger charge is 2.69. The lowest BCUT2D eigenvalue weighted by Crippen LogP contribution is -2.63. The van der Waals surface area contributed by atoms with Crippen LogP contribution in [0.25, 0.3) is 0 Å². The number of hydrogen-bond acceptors (Lipinski definition) is 2. The van der Waals surface area contributed by atoms with Crippen LogP contribution in [-0.4, -0.2) is 24.4 Å². The molecule has 29 heavy (non-hydrogen) atoms. The van der Waals surface area contributed by atoms with Gasteiger partial charge in [0.2, 0.25) is 0 Å². The average molecular weight is 401 g/mol. The Bertz CT molecular complexity index is 699. The third-order valence-corrected chi connectivity index (χ3v) is 10.9. The van der Waals surface area contributed by atoms with Crippen molar-refractivity contribution in [1.82, 2.24) is 0 Å². The molecule has 0 aromatic heterocycles. The number of methoxy groups -OCH3 is 1. The second-order valence-electron chi connectivity index (χ2n) is 12.3. The van der Waals surface area contributed by atoms with Crippen LogP contribution < -0.4 is 0 Å². The quantitative estimate of drug-likeness (QED) is 0.543. The minimum atomic E-state index is -0.638. The van der Waals surface area contributed by atoms with Crippen molar-refractivity contribution in [1.29, 1.82) is 0 Å². The van der Waals surface area contributed by atoms with Gasteiger partial charge in [-0.25, -0.2) is 0 Å². The molecule has 0 bridgehead atoms. The highest BCUT2D eigenvalue weighted by molar-refractivity contribution is 5.26. The van der Waals surface area contributed by atoms with Gasteiger partial charge in [0.15, 0.2) is 0 Å². The van der Waals surface area contributed by atoms with Gasteiger partial charge in [-0.15, -0.1) is 6.58 Å². The molecule has 0 heterocycles. The first-order chi connectivity index (χ1) is 13.5. The molecule has 8 atom stereocenters. The van der Waals surface area contributed by atoms with Crippen LogP contribution in [-0.2, 0) is 4.74 Å². The van der Waals surface area contributed by atoms with Gasteiger partial charge in [-0.05, 0) is 104 Å². The normalized spacial score (nSPS) is 54.2. The maximum absolute atomic E-state index is 11.2. The van der Waals surface area contributed by atoms with E-state index < -0.39 is 5.60 Å². The number of fused-ring (bicyclic) bond motifs is 5. The van der Waals surface area contributed by atoms with Crippen LogP contribution in [0.3, 0.4) is 0 Å². The fourth-order valence-electron chi connectivity index (χ4n) is 9.83. The van der Waals surface area contributed by atoms with Crippen molar-refractivity contribution in [3.63, 3.8) is 0 Å². The summed E-state index contributed by atoms with van der Waals surface area (Å²) in [6.07, 6.45) is 13.0. The molecule has 4 aliphatic carbocycles. The Morgan fingerprint density at radius 3 is 2.34 bits per heavy atom. The predicted octanol–water partition coefficient (Wildman–Crippen LogP) is 6.55. The molecule has 0 aromatic rings. The Kier molecular flexibility index (Phi) is 4.99. The summed E-state index contributed by atoms with van der Waals surface area (Å²) in [6, 6.07) is 0. The smallest absolute Gasteiger partial charge is 0.0885 e. The fourth-order valence-corrected chi connectivity index (χ4v) is 9.83. The van der Waals surface area contributed by atoms with Crippen molar-refractivity contribution < 1.29 is 9.84 Å². The summed E-state index contributed by atoms with van der Waals surface area (Å²) in [5.74, 6) is 2.04. The Labute approximate surface area is 179 Å². The zero-order chi connectivity index (χ0) is 21.3. The van der Waals surface area contributed by atoms with E-state index in [0.29, 0.717) is 35.2 Å². The van der Waals surface area contributed by atoms with Crippen LogP contribution >= 0.6 is 0 Å². The van der Waals surface area contributed by atoms with Gasteiger partial charge in [0, 0.05) is 7.11 Å². The standard InChI is InChI=1S/C27H44O2/c1-8-27-14-9-20(19(2)3)25(27,6)16-15-24(5)21-11-13-26(28,18-29-7)17-23(21,4)12-10-22(24)27/h8,20-22,28H,1-2,9-18H2,3-7H3/t20-,21+,22-,23-,24-,25-,26-,27+/m1/s1. The van der Waals surface area contributed by atoms with Gasteiger partial charge in [0.25, 0.3) is 0 Å². The molecule has 0 spiro atoms. The first-order valence-electron chi connectivity index (χ1n) is 12.0. The summed E-state index contributed by atoms with van der Waals surface area (Å²) < 4.78 is 5.41. The monoisotopic (exact) mass is 400 g/mol. The van der Waals surface area contributed by atoms with E-state index in [-0.39, 0.29) is 10.8 Å². The maximum Gasteiger partial charge on any atom is 0.0885 e. The molecule has 0 aliphatic heterocycles. The average Bonchev–Trinajstić information content (AvgIpc) is 2.94. The molecule has 164 valence electrons. The van der Waals surface area contributed by atoms with E-state index in [1.165, 1.54) is 44.1 Å². The summed E-state index contributed by atoms with van der Waals surface area (Å²) >= 11 is 0. The molecule has 0 aromatic carbocycles. The summed E-state index contributed by atoms with van der Waals surface area (Å²) in [7, 11) is 1.72. The van der Waals surface area contributed by atoms with Crippen LogP contribution in [0.15, 0.2) is 24.8 Å². The van der Waals surface area contributed by atoms with E-state index in [2.05, 4.69) is 46.9 Å². The van der Waals surface area contributed by atoms with Crippen molar-refractivity contribution in [2.75, 3.05) is 13.7 Å². The molecular weight excluding hydrogens is 356 g/mol. The second-order valence-corrected chi connectivity index (χ2v) is 12.3. The molecule has 0 saturated heterocycles. The lowest BCUT2D eigenvalue weighted by Gasteiger charge is -2.69. The van der Waals surface area contributed by atoms with Gasteiger partial charge in [0.05, 0.1) is 12.2 Å². The van der Waals surface area contributed by atoms with Gasteiger partial charge in [-0.2, -0.15) is 0 Å². The number of allylic oxidation sites excluding steroid dienone is 2. The summed E-state index contributed by atoms with van der Waals surface area (Å²) in [4.78, 5) is 0. The molecule has 0 amide bonds. The topological polar surface area (TPSA) is 29.5 Å². The third-order valence-electron chi connectivity index (χ3n) is 10.9. The van der Waals surface area contributed by atoms with E-state index in [9.17, 15) is 5.11 Å². The molecule has 2 heteroatoms. The summed E-state index contributed by atoms with van der Waals surface area (Å²) in [6.45, 7) is 19.2. The van der Waals surface area contributed by atoms with Crippen molar-refractivity contribution in [2.24, 2.45) is 39.4 Å². The van der Waals surface area contributed by atoms with Crippen molar-refractivity contribution in [3.05, 3.63) is 24.8 Å². The Morgan fingerprint density at radius 2 is 1.72 bits per heavy atom. The first-order valence-corrected chi connectivity index (χ1v) is 12.0. The SMILES string of the molecule is C=C[C@@]12CC[C@H](C(=C)C)[C@@]1(C)CC[C@@]1(C)[C@H]2CC[C@]2(C)C[C@@](O)(COC)CC[C@@H]21. The lowest BCUT2D eigenvalue weighted by atomic mass is 9.36. The molecule has 1 N–H and O–H groups in total. The largest absolute Gasteiger partial charge is 0.387 e. The van der Waals surface area contributed by atoms with E-state index in [0.717, 1.165) is 19.3 Å². The van der Waals surface area contributed by atoms with Crippen LogP contribution in [0.2, 0.25) is 0 Å². The minimum absolute atomic E-state index is 0.221. The van der Waals surface area contributed by atoms with E-state index in [1.54, 1.807) is 7.11 Å². The fraction of sp³-hybridized carbons (Fsp3) is 0.852. The Balaban J connectivity index is 1.71. The molecule has 4 aliphatic rings. The maximum atomic E-state index is 11.2.